The highest BCUT2D eigenvalue weighted by Gasteiger charge is 2.33. The van der Waals surface area contributed by atoms with Crippen molar-refractivity contribution in [1.29, 1.82) is 0 Å². The number of rotatable bonds is 12. The van der Waals surface area contributed by atoms with E-state index in [4.69, 9.17) is 4.74 Å². The van der Waals surface area contributed by atoms with Crippen LogP contribution in [0.25, 0.3) is 0 Å². The van der Waals surface area contributed by atoms with Crippen LogP contribution in [-0.2, 0) is 30.5 Å². The molecule has 2 fully saturated rings. The van der Waals surface area contributed by atoms with Crippen molar-refractivity contribution in [3.05, 3.63) is 35.9 Å². The maximum Gasteiger partial charge on any atom is 0.407 e. The predicted octanol–water partition coefficient (Wildman–Crippen LogP) is 1.53. The van der Waals surface area contributed by atoms with Crippen molar-refractivity contribution in [3.63, 3.8) is 0 Å². The molecule has 2 saturated heterocycles. The van der Waals surface area contributed by atoms with E-state index in [9.17, 15) is 24.0 Å². The smallest absolute Gasteiger partial charge is 0.407 e. The molecule has 0 aliphatic carbocycles. The molecule has 2 aliphatic heterocycles. The summed E-state index contributed by atoms with van der Waals surface area (Å²) in [7, 11) is 0. The number of nitrogens with one attached hydrogen (secondary N) is 3. The van der Waals surface area contributed by atoms with Gasteiger partial charge in [-0.2, -0.15) is 0 Å². The largest absolute Gasteiger partial charge is 0.447 e. The van der Waals surface area contributed by atoms with Crippen molar-refractivity contribution in [2.45, 2.75) is 70.6 Å². The molecule has 1 aromatic carbocycles. The van der Waals surface area contributed by atoms with Crippen LogP contribution < -0.4 is 16.0 Å². The summed E-state index contributed by atoms with van der Waals surface area (Å²) in [6.07, 6.45) is 2.02. The highest BCUT2D eigenvalue weighted by Crippen LogP contribution is 2.22. The zero-order valence-electron chi connectivity index (χ0n) is 20.9. The molecule has 196 valence electrons. The Bertz CT molecular complexity index is 938. The number of carbonyl (C=O) groups excluding carboxylic acids is 5. The lowest BCUT2D eigenvalue weighted by Gasteiger charge is -2.26. The molecule has 1 aromatic rings. The number of aldehydes is 1. The van der Waals surface area contributed by atoms with Crippen LogP contribution in [0.5, 0.6) is 0 Å². The average Bonchev–Trinajstić information content (AvgIpc) is 3.41. The zero-order valence-corrected chi connectivity index (χ0v) is 20.9. The number of ether oxygens (including phenoxy) is 1. The molecule has 0 spiro atoms. The third kappa shape index (κ3) is 7.79. The molecule has 2 heterocycles. The highest BCUT2D eigenvalue weighted by atomic mass is 16.5. The van der Waals surface area contributed by atoms with Crippen molar-refractivity contribution in [3.8, 4) is 0 Å². The lowest BCUT2D eigenvalue weighted by Crippen LogP contribution is -2.51. The highest BCUT2D eigenvalue weighted by molar-refractivity contribution is 5.88. The average molecular weight is 501 g/mol. The van der Waals surface area contributed by atoms with Crippen LogP contribution in [-0.4, -0.2) is 66.3 Å². The Morgan fingerprint density at radius 2 is 1.92 bits per heavy atom. The molecule has 10 nitrogen and oxygen atoms in total. The van der Waals surface area contributed by atoms with E-state index in [1.165, 1.54) is 0 Å². The number of carbonyl (C=O) groups is 5. The summed E-state index contributed by atoms with van der Waals surface area (Å²) in [6, 6.07) is 7.65. The van der Waals surface area contributed by atoms with Gasteiger partial charge >= 0.3 is 6.09 Å². The number of likely N-dealkylation sites (tertiary alicyclic amines) is 1. The molecule has 4 atom stereocenters. The normalized spacial score (nSPS) is 21.1. The molecule has 2 aliphatic rings. The molecule has 3 N–H and O–H groups in total. The van der Waals surface area contributed by atoms with Crippen LogP contribution in [0.1, 0.15) is 51.5 Å². The summed E-state index contributed by atoms with van der Waals surface area (Å²) in [6.45, 7) is 4.85. The van der Waals surface area contributed by atoms with Crippen LogP contribution in [0.3, 0.4) is 0 Å². The Kier molecular flexibility index (Phi) is 9.84. The van der Waals surface area contributed by atoms with Gasteiger partial charge in [-0.1, -0.05) is 44.2 Å². The van der Waals surface area contributed by atoms with E-state index in [1.807, 2.05) is 44.2 Å². The molecule has 4 amide bonds. The number of nitrogens with zero attached hydrogens (tertiary/aromatic N) is 1. The van der Waals surface area contributed by atoms with Crippen molar-refractivity contribution >= 4 is 30.1 Å². The van der Waals surface area contributed by atoms with Gasteiger partial charge in [-0.3, -0.25) is 14.4 Å². The quantitative estimate of drug-likeness (QED) is 0.373. The molecule has 10 heteroatoms. The Hall–Kier alpha value is -3.43. The fourth-order valence-corrected chi connectivity index (χ4v) is 4.63. The number of alkyl carbamates (subject to hydrolysis) is 1. The minimum atomic E-state index is -0.900. The third-order valence-electron chi connectivity index (χ3n) is 6.56. The Morgan fingerprint density at radius 1 is 1.17 bits per heavy atom. The predicted molar refractivity (Wildman–Crippen MR) is 131 cm³/mol. The first kappa shape index (κ1) is 27.2. The van der Waals surface area contributed by atoms with E-state index >= 15 is 0 Å². The first-order valence-corrected chi connectivity index (χ1v) is 12.6. The van der Waals surface area contributed by atoms with Gasteiger partial charge in [0.15, 0.2) is 0 Å². The van der Waals surface area contributed by atoms with Crippen LogP contribution >= 0.6 is 0 Å². The third-order valence-corrected chi connectivity index (χ3v) is 6.56. The summed E-state index contributed by atoms with van der Waals surface area (Å²) < 4.78 is 5.41. The number of hydrogen-bond acceptors (Lipinski definition) is 6. The number of hydrogen-bond donors (Lipinski definition) is 3. The number of amides is 4. The summed E-state index contributed by atoms with van der Waals surface area (Å²) >= 11 is 0. The van der Waals surface area contributed by atoms with Gasteiger partial charge < -0.3 is 30.4 Å². The lowest BCUT2D eigenvalue weighted by molar-refractivity contribution is -0.130. The SMILES string of the molecule is CC(C)C[C@H](NC(=O)OC[C@@H]1CCC(=O)N1Cc1ccccc1)C(=O)N[C@H](C=O)C[C@@H]1CCNC1=O. The maximum absolute atomic E-state index is 12.9. The second-order valence-corrected chi connectivity index (χ2v) is 9.89. The van der Waals surface area contributed by atoms with E-state index in [-0.39, 0.29) is 42.7 Å². The van der Waals surface area contributed by atoms with Gasteiger partial charge in [0.1, 0.15) is 18.9 Å². The molecule has 0 unspecified atom stereocenters. The van der Waals surface area contributed by atoms with E-state index in [0.29, 0.717) is 45.1 Å². The Labute approximate surface area is 211 Å². The summed E-state index contributed by atoms with van der Waals surface area (Å²) in [5, 5.41) is 7.98. The van der Waals surface area contributed by atoms with Gasteiger partial charge in [0.2, 0.25) is 17.7 Å². The standard InChI is InChI=1S/C26H36N4O6/c1-17(2)12-22(25(34)28-20(15-31)13-19-10-11-27-24(19)33)29-26(35)36-16-21-8-9-23(32)30(21)14-18-6-4-3-5-7-18/h3-7,15,17,19-22H,8-14,16H2,1-2H3,(H,27,33)(H,28,34)(H,29,35)/t19-,20-,21-,22-/m0/s1. The van der Waals surface area contributed by atoms with Gasteiger partial charge in [-0.15, -0.1) is 0 Å². The zero-order chi connectivity index (χ0) is 26.1. The van der Waals surface area contributed by atoms with E-state index < -0.39 is 24.1 Å². The Balaban J connectivity index is 1.53. The van der Waals surface area contributed by atoms with Gasteiger partial charge in [-0.25, -0.2) is 4.79 Å². The van der Waals surface area contributed by atoms with Gasteiger partial charge in [-0.05, 0) is 37.2 Å². The summed E-state index contributed by atoms with van der Waals surface area (Å²) in [5.74, 6) is -0.845. The minimum Gasteiger partial charge on any atom is -0.447 e. The van der Waals surface area contributed by atoms with Crippen molar-refractivity contribution in [1.82, 2.24) is 20.9 Å². The maximum atomic E-state index is 12.9. The fraction of sp³-hybridized carbons (Fsp3) is 0.577. The Morgan fingerprint density at radius 3 is 2.56 bits per heavy atom. The molecular formula is C26H36N4O6. The van der Waals surface area contributed by atoms with Crippen molar-refractivity contribution in [2.75, 3.05) is 13.2 Å². The van der Waals surface area contributed by atoms with Crippen molar-refractivity contribution in [2.24, 2.45) is 11.8 Å². The van der Waals surface area contributed by atoms with E-state index in [1.54, 1.807) is 4.90 Å². The van der Waals surface area contributed by atoms with Gasteiger partial charge in [0.05, 0.1) is 12.1 Å². The van der Waals surface area contributed by atoms with Crippen LogP contribution in [0, 0.1) is 11.8 Å². The first-order valence-electron chi connectivity index (χ1n) is 12.6. The van der Waals surface area contributed by atoms with Crippen LogP contribution in [0.15, 0.2) is 30.3 Å². The minimum absolute atomic E-state index is 0.0146. The van der Waals surface area contributed by atoms with Crippen LogP contribution in [0.2, 0.25) is 0 Å². The second kappa shape index (κ2) is 13.0. The molecular weight excluding hydrogens is 464 g/mol. The molecule has 0 aromatic heterocycles. The molecule has 3 rings (SSSR count). The molecule has 36 heavy (non-hydrogen) atoms. The molecule has 0 bridgehead atoms. The number of benzene rings is 1. The fourth-order valence-electron chi connectivity index (χ4n) is 4.63. The monoisotopic (exact) mass is 500 g/mol. The summed E-state index contributed by atoms with van der Waals surface area (Å²) in [5.41, 5.74) is 0.996. The van der Waals surface area contributed by atoms with Crippen molar-refractivity contribution < 1.29 is 28.7 Å². The first-order chi connectivity index (χ1) is 17.3. The second-order valence-electron chi connectivity index (χ2n) is 9.89. The van der Waals surface area contributed by atoms with E-state index in [2.05, 4.69) is 16.0 Å². The lowest BCUT2D eigenvalue weighted by atomic mass is 9.98. The van der Waals surface area contributed by atoms with E-state index in [0.717, 1.165) is 5.56 Å². The van der Waals surface area contributed by atoms with Gasteiger partial charge in [0.25, 0.3) is 0 Å². The van der Waals surface area contributed by atoms with Gasteiger partial charge in [0, 0.05) is 25.4 Å². The topological polar surface area (TPSA) is 134 Å². The molecule has 0 radical (unpaired) electrons. The van der Waals surface area contributed by atoms with Crippen LogP contribution in [0.4, 0.5) is 4.79 Å². The molecule has 0 saturated carbocycles. The summed E-state index contributed by atoms with van der Waals surface area (Å²) in [4.78, 5) is 62.9.